The fourth-order valence-corrected chi connectivity index (χ4v) is 6.48. The van der Waals surface area contributed by atoms with Crippen molar-refractivity contribution in [2.45, 2.75) is 33.7 Å². The van der Waals surface area contributed by atoms with Gasteiger partial charge in [0.05, 0.1) is 5.70 Å². The van der Waals surface area contributed by atoms with Crippen LogP contribution in [-0.4, -0.2) is 32.8 Å². The van der Waals surface area contributed by atoms with Crippen molar-refractivity contribution in [3.05, 3.63) is 55.5 Å². The Kier molecular flexibility index (Phi) is 5.99. The van der Waals surface area contributed by atoms with Crippen LogP contribution in [0.5, 0.6) is 0 Å². The van der Waals surface area contributed by atoms with Crippen LogP contribution < -0.4 is 19.7 Å². The lowest BCUT2D eigenvalue weighted by Crippen LogP contribution is -2.36. The smallest absolute Gasteiger partial charge is 0.271 e. The summed E-state index contributed by atoms with van der Waals surface area (Å²) >= 11 is 8.12. The minimum absolute atomic E-state index is 0.0595. The summed E-state index contributed by atoms with van der Waals surface area (Å²) in [5, 5.41) is 0. The van der Waals surface area contributed by atoms with E-state index in [9.17, 15) is 9.59 Å². The van der Waals surface area contributed by atoms with Crippen LogP contribution in [0.4, 0.5) is 5.69 Å². The third-order valence-electron chi connectivity index (χ3n) is 5.18. The second-order valence-corrected chi connectivity index (χ2v) is 9.60. The highest BCUT2D eigenvalue weighted by molar-refractivity contribution is 8.30. The van der Waals surface area contributed by atoms with E-state index in [2.05, 4.69) is 24.0 Å². The molecule has 0 unspecified atom stereocenters. The number of carbonyl (C=O) groups is 1. The zero-order valence-electron chi connectivity index (χ0n) is 17.2. The van der Waals surface area contributed by atoms with Crippen LogP contribution in [0.1, 0.15) is 32.8 Å². The number of hydrogen-bond donors (Lipinski definition) is 0. The Labute approximate surface area is 189 Å². The largest absolute Gasteiger partial charge is 0.340 e. The van der Waals surface area contributed by atoms with Crippen LogP contribution in [0.2, 0.25) is 0 Å². The molecule has 3 heterocycles. The molecule has 8 heteroatoms. The van der Waals surface area contributed by atoms with E-state index in [1.54, 1.807) is 9.47 Å². The van der Waals surface area contributed by atoms with Crippen LogP contribution in [0.15, 0.2) is 35.1 Å². The number of hydrogen-bond acceptors (Lipinski definition) is 6. The molecule has 2 aliphatic heterocycles. The van der Waals surface area contributed by atoms with Crippen molar-refractivity contribution in [2.24, 2.45) is 0 Å². The number of anilines is 1. The quantitative estimate of drug-likeness (QED) is 0.661. The number of para-hydroxylation sites is 1. The first-order valence-corrected chi connectivity index (χ1v) is 12.1. The SMILES string of the molecule is CCCN1C(=O)/C(=c2/s/c(=C3\C=Cc4ccccc4N3CC)c(=O)n2CC)SC1=S. The van der Waals surface area contributed by atoms with Crippen LogP contribution in [0.25, 0.3) is 16.7 Å². The van der Waals surface area contributed by atoms with Gasteiger partial charge in [-0.15, -0.1) is 11.3 Å². The zero-order chi connectivity index (χ0) is 21.4. The lowest BCUT2D eigenvalue weighted by atomic mass is 10.1. The van der Waals surface area contributed by atoms with E-state index < -0.39 is 0 Å². The van der Waals surface area contributed by atoms with Crippen molar-refractivity contribution >= 4 is 67.9 Å². The fourth-order valence-electron chi connectivity index (χ4n) is 3.77. The highest BCUT2D eigenvalue weighted by Crippen LogP contribution is 2.32. The summed E-state index contributed by atoms with van der Waals surface area (Å²) in [6.07, 6.45) is 4.89. The summed E-state index contributed by atoms with van der Waals surface area (Å²) in [6, 6.07) is 8.17. The summed E-state index contributed by atoms with van der Waals surface area (Å²) in [7, 11) is 0. The molecule has 0 saturated carbocycles. The number of thiazole rings is 1. The Hall–Kier alpha value is -2.16. The summed E-state index contributed by atoms with van der Waals surface area (Å²) in [6.45, 7) is 7.88. The van der Waals surface area contributed by atoms with E-state index >= 15 is 0 Å². The average molecular weight is 458 g/mol. The molecule has 30 heavy (non-hydrogen) atoms. The van der Waals surface area contributed by atoms with Crippen molar-refractivity contribution in [1.82, 2.24) is 9.47 Å². The van der Waals surface area contributed by atoms with Crippen LogP contribution in [-0.2, 0) is 11.3 Å². The van der Waals surface area contributed by atoms with Crippen molar-refractivity contribution in [3.63, 3.8) is 0 Å². The minimum Gasteiger partial charge on any atom is -0.340 e. The van der Waals surface area contributed by atoms with Gasteiger partial charge in [-0.25, -0.2) is 0 Å². The maximum absolute atomic E-state index is 13.4. The standard InChI is InChI=1S/C22H23N3O2S3/c1-4-13-25-20(27)18(30-22(25)28)21-24(6-3)19(26)17(29-21)16-12-11-14-9-7-8-10-15(14)23(16)5-2/h7-12H,4-6,13H2,1-3H3/b17-16+,21-18-. The van der Waals surface area contributed by atoms with Crippen molar-refractivity contribution in [2.75, 3.05) is 18.0 Å². The molecule has 5 nitrogen and oxygen atoms in total. The van der Waals surface area contributed by atoms with Gasteiger partial charge in [-0.1, -0.05) is 55.2 Å². The summed E-state index contributed by atoms with van der Waals surface area (Å²) < 4.78 is 3.62. The third kappa shape index (κ3) is 3.36. The molecule has 1 fully saturated rings. The first-order valence-electron chi connectivity index (χ1n) is 10.1. The number of amides is 1. The summed E-state index contributed by atoms with van der Waals surface area (Å²) in [4.78, 5) is 30.7. The molecule has 0 bridgehead atoms. The van der Waals surface area contributed by atoms with Crippen molar-refractivity contribution in [3.8, 4) is 0 Å². The highest BCUT2D eigenvalue weighted by Gasteiger charge is 2.33. The Balaban J connectivity index is 1.98. The predicted molar refractivity (Wildman–Crippen MR) is 131 cm³/mol. The Morgan fingerprint density at radius 2 is 1.77 bits per heavy atom. The van der Waals surface area contributed by atoms with E-state index in [0.717, 1.165) is 29.9 Å². The molecule has 0 N–H and O–H groups in total. The van der Waals surface area contributed by atoms with Gasteiger partial charge in [0.15, 0.2) is 0 Å². The first-order chi connectivity index (χ1) is 14.5. The van der Waals surface area contributed by atoms with E-state index in [0.29, 0.717) is 31.5 Å². The fraction of sp³-hybridized carbons (Fsp3) is 0.318. The lowest BCUT2D eigenvalue weighted by Gasteiger charge is -2.28. The van der Waals surface area contributed by atoms with Gasteiger partial charge < -0.3 is 4.90 Å². The second kappa shape index (κ2) is 8.53. The zero-order valence-corrected chi connectivity index (χ0v) is 19.6. The molecule has 0 radical (unpaired) electrons. The molecule has 1 amide bonds. The number of nitrogens with zero attached hydrogens (tertiary/aromatic N) is 3. The van der Waals surface area contributed by atoms with Gasteiger partial charge in [-0.05, 0) is 38.0 Å². The molecule has 1 saturated heterocycles. The van der Waals surface area contributed by atoms with E-state index in [-0.39, 0.29) is 11.5 Å². The summed E-state index contributed by atoms with van der Waals surface area (Å²) in [5.41, 5.74) is 3.04. The van der Waals surface area contributed by atoms with Gasteiger partial charge in [-0.3, -0.25) is 19.1 Å². The number of thiocarbonyl (C=S) groups is 1. The molecule has 0 atom stereocenters. The molecule has 2 aromatic rings. The maximum Gasteiger partial charge on any atom is 0.271 e. The Morgan fingerprint density at radius 1 is 1.00 bits per heavy atom. The number of aromatic nitrogens is 1. The van der Waals surface area contributed by atoms with Gasteiger partial charge in [0.25, 0.3) is 11.5 Å². The third-order valence-corrected chi connectivity index (χ3v) is 7.95. The van der Waals surface area contributed by atoms with E-state index in [1.165, 1.54) is 23.1 Å². The predicted octanol–water partition coefficient (Wildman–Crippen LogP) is 2.97. The van der Waals surface area contributed by atoms with Gasteiger partial charge in [0.1, 0.15) is 18.4 Å². The number of carbonyl (C=O) groups excluding carboxylic acids is 1. The Bertz CT molecular complexity index is 1240. The van der Waals surface area contributed by atoms with Crippen molar-refractivity contribution < 1.29 is 4.79 Å². The number of thioether (sulfide) groups is 1. The number of likely N-dealkylation sites (N-methyl/N-ethyl adjacent to an activating group) is 1. The van der Waals surface area contributed by atoms with E-state index in [4.69, 9.17) is 12.2 Å². The van der Waals surface area contributed by atoms with Gasteiger partial charge in [0.2, 0.25) is 0 Å². The van der Waals surface area contributed by atoms with Gasteiger partial charge >= 0.3 is 0 Å². The number of rotatable bonds is 4. The maximum atomic E-state index is 13.4. The molecule has 4 rings (SSSR count). The molecular formula is C22H23N3O2S3. The summed E-state index contributed by atoms with van der Waals surface area (Å²) in [5.74, 6) is -0.0938. The molecule has 0 aliphatic carbocycles. The molecule has 1 aromatic carbocycles. The van der Waals surface area contributed by atoms with E-state index in [1.807, 2.05) is 38.1 Å². The Morgan fingerprint density at radius 3 is 2.47 bits per heavy atom. The molecular weight excluding hydrogens is 434 g/mol. The lowest BCUT2D eigenvalue weighted by molar-refractivity contribution is -0.120. The first kappa shape index (κ1) is 21.1. The van der Waals surface area contributed by atoms with Gasteiger partial charge in [0, 0.05) is 25.3 Å². The molecule has 0 spiro atoms. The van der Waals surface area contributed by atoms with Crippen LogP contribution in [0, 0.1) is 0 Å². The minimum atomic E-state index is -0.0938. The monoisotopic (exact) mass is 457 g/mol. The normalized spacial score (nSPS) is 19.7. The number of fused-ring (bicyclic) bond motifs is 1. The van der Waals surface area contributed by atoms with Crippen molar-refractivity contribution in [1.29, 1.82) is 0 Å². The van der Waals surface area contributed by atoms with Crippen LogP contribution in [0.3, 0.4) is 0 Å². The highest BCUT2D eigenvalue weighted by atomic mass is 32.2. The molecule has 2 aliphatic rings. The topological polar surface area (TPSA) is 45.6 Å². The molecule has 1 aromatic heterocycles. The van der Waals surface area contributed by atoms with Crippen LogP contribution >= 0.6 is 35.3 Å². The number of benzene rings is 1. The second-order valence-electron chi connectivity index (χ2n) is 6.96. The average Bonchev–Trinajstić information content (AvgIpc) is 3.23. The molecule has 156 valence electrons. The van der Waals surface area contributed by atoms with Gasteiger partial charge in [-0.2, -0.15) is 0 Å².